The van der Waals surface area contributed by atoms with Crippen LogP contribution in [0.25, 0.3) is 27.8 Å². The molecule has 3 N–H and O–H groups in total. The lowest BCUT2D eigenvalue weighted by Gasteiger charge is -2.12. The second kappa shape index (κ2) is 8.27. The number of fused-ring (bicyclic) bond motifs is 2. The van der Waals surface area contributed by atoms with E-state index >= 15 is 0 Å². The van der Waals surface area contributed by atoms with Crippen molar-refractivity contribution in [1.82, 2.24) is 29.5 Å². The van der Waals surface area contributed by atoms with Crippen LogP contribution in [-0.4, -0.2) is 29.5 Å². The van der Waals surface area contributed by atoms with E-state index in [-0.39, 0.29) is 5.39 Å². The van der Waals surface area contributed by atoms with Gasteiger partial charge in [0.1, 0.15) is 29.3 Å². The Kier molecular flexibility index (Phi) is 5.35. The molecule has 8 nitrogen and oxygen atoms in total. The first kappa shape index (κ1) is 20.1. The minimum Gasteiger partial charge on any atom is -0.382 e. The van der Waals surface area contributed by atoms with E-state index in [0.717, 1.165) is 6.07 Å². The summed E-state index contributed by atoms with van der Waals surface area (Å²) in [4.78, 5) is 31.3. The first-order valence-corrected chi connectivity index (χ1v) is 9.34. The number of aromatic nitrogens is 6. The van der Waals surface area contributed by atoms with Crippen molar-refractivity contribution in [3.05, 3.63) is 82.9 Å². The van der Waals surface area contributed by atoms with Crippen LogP contribution in [0.1, 0.15) is 12.7 Å². The number of aromatic amines is 1. The van der Waals surface area contributed by atoms with Crippen molar-refractivity contribution in [3.63, 3.8) is 0 Å². The molecule has 3 heterocycles. The van der Waals surface area contributed by atoms with Gasteiger partial charge in [0.25, 0.3) is 5.56 Å². The van der Waals surface area contributed by atoms with Crippen LogP contribution in [0.2, 0.25) is 0 Å². The number of anilines is 1. The van der Waals surface area contributed by atoms with E-state index in [4.69, 9.17) is 5.73 Å². The fraction of sp³-hybridized carbons (Fsp3) is 0.0952. The molecule has 0 fully saturated rings. The van der Waals surface area contributed by atoms with Crippen LogP contribution >= 0.6 is 0 Å². The minimum absolute atomic E-state index is 0.177. The molecule has 0 aliphatic heterocycles. The highest BCUT2D eigenvalue weighted by Crippen LogP contribution is 2.15. The summed E-state index contributed by atoms with van der Waals surface area (Å²) >= 11 is 0. The number of hydrogen-bond donors (Lipinski definition) is 2. The summed E-state index contributed by atoms with van der Waals surface area (Å²) in [6.45, 7) is 1.85. The quantitative estimate of drug-likeness (QED) is 0.452. The molecule has 0 amide bonds. The topological polar surface area (TPSA) is 115 Å². The maximum atomic E-state index is 13.4. The number of halogens is 2. The van der Waals surface area contributed by atoms with Gasteiger partial charge in [0, 0.05) is 6.42 Å². The first-order valence-electron chi connectivity index (χ1n) is 9.34. The minimum atomic E-state index is -0.503. The van der Waals surface area contributed by atoms with E-state index < -0.39 is 17.2 Å². The van der Waals surface area contributed by atoms with Gasteiger partial charge >= 0.3 is 0 Å². The Hall–Kier alpha value is -4.21. The number of aryl methyl sites for hydroxylation is 1. The van der Waals surface area contributed by atoms with Crippen molar-refractivity contribution >= 4 is 27.9 Å². The van der Waals surface area contributed by atoms with Gasteiger partial charge < -0.3 is 10.7 Å². The van der Waals surface area contributed by atoms with Gasteiger partial charge in [0.05, 0.1) is 22.9 Å². The zero-order chi connectivity index (χ0) is 22.0. The van der Waals surface area contributed by atoms with Crippen molar-refractivity contribution in [2.75, 3.05) is 5.73 Å². The maximum Gasteiger partial charge on any atom is 0.266 e. The first-order chi connectivity index (χ1) is 15.0. The molecule has 10 heteroatoms. The van der Waals surface area contributed by atoms with Crippen molar-refractivity contribution in [1.29, 1.82) is 0 Å². The highest BCUT2D eigenvalue weighted by molar-refractivity contribution is 5.80. The van der Waals surface area contributed by atoms with Crippen LogP contribution in [0.5, 0.6) is 0 Å². The van der Waals surface area contributed by atoms with E-state index in [1.54, 1.807) is 6.07 Å². The van der Waals surface area contributed by atoms with Gasteiger partial charge in [-0.15, -0.1) is 0 Å². The van der Waals surface area contributed by atoms with E-state index in [1.165, 1.54) is 47.6 Å². The maximum absolute atomic E-state index is 13.4. The standard InChI is InChI=1S/C16H12F2N2O.C5H5N5/c1-2-15-19-14-7-6-11(18)9-13(14)16(21)20(15)12-5-3-4-10(17)8-12;6-4-3-5(9-1-7-3)10-2-8-4/h3-9H,2H2,1H3;1-2H,(H3,6,7,8,9,10). The normalized spacial score (nSPS) is 10.8. The lowest BCUT2D eigenvalue weighted by molar-refractivity contribution is 0.625. The van der Waals surface area contributed by atoms with E-state index in [0.29, 0.717) is 40.4 Å². The van der Waals surface area contributed by atoms with Crippen LogP contribution in [-0.2, 0) is 6.42 Å². The summed E-state index contributed by atoms with van der Waals surface area (Å²) in [7, 11) is 0. The Morgan fingerprint density at radius 3 is 2.61 bits per heavy atom. The Bertz CT molecular complexity index is 1450. The van der Waals surface area contributed by atoms with Gasteiger partial charge in [-0.1, -0.05) is 13.0 Å². The predicted molar refractivity (Wildman–Crippen MR) is 113 cm³/mol. The Balaban J connectivity index is 0.000000192. The second-order valence-electron chi connectivity index (χ2n) is 6.52. The summed E-state index contributed by atoms with van der Waals surface area (Å²) in [5, 5.41) is 0.177. The molecule has 0 radical (unpaired) electrons. The monoisotopic (exact) mass is 421 g/mol. The van der Waals surface area contributed by atoms with Crippen LogP contribution in [0.4, 0.5) is 14.6 Å². The lowest BCUT2D eigenvalue weighted by atomic mass is 10.2. The van der Waals surface area contributed by atoms with Gasteiger partial charge in [-0.05, 0) is 36.4 Å². The number of benzene rings is 2. The van der Waals surface area contributed by atoms with Crippen molar-refractivity contribution < 1.29 is 8.78 Å². The van der Waals surface area contributed by atoms with Crippen LogP contribution in [0.15, 0.2) is 59.9 Å². The average Bonchev–Trinajstić information content (AvgIpc) is 3.25. The largest absolute Gasteiger partial charge is 0.382 e. The highest BCUT2D eigenvalue weighted by atomic mass is 19.1. The molecule has 31 heavy (non-hydrogen) atoms. The van der Waals surface area contributed by atoms with E-state index in [1.807, 2.05) is 6.92 Å². The molecule has 0 aliphatic rings. The molecular formula is C21H17F2N7O. The molecule has 0 unspecified atom stereocenters. The van der Waals surface area contributed by atoms with Gasteiger partial charge in [-0.2, -0.15) is 0 Å². The predicted octanol–water partition coefficient (Wildman–Crippen LogP) is 3.16. The van der Waals surface area contributed by atoms with Crippen LogP contribution in [0, 0.1) is 11.6 Å². The molecular weight excluding hydrogens is 404 g/mol. The van der Waals surface area contributed by atoms with E-state index in [9.17, 15) is 13.6 Å². The molecule has 0 bridgehead atoms. The van der Waals surface area contributed by atoms with Gasteiger partial charge in [0.15, 0.2) is 11.5 Å². The zero-order valence-corrected chi connectivity index (χ0v) is 16.4. The third kappa shape index (κ3) is 3.95. The highest BCUT2D eigenvalue weighted by Gasteiger charge is 2.12. The second-order valence-corrected chi connectivity index (χ2v) is 6.52. The summed E-state index contributed by atoms with van der Waals surface area (Å²) in [5.74, 6) is -0.00978. The molecule has 156 valence electrons. The molecule has 0 saturated carbocycles. The van der Waals surface area contributed by atoms with Crippen molar-refractivity contribution in [2.24, 2.45) is 0 Å². The van der Waals surface area contributed by atoms with Crippen LogP contribution in [0.3, 0.4) is 0 Å². The number of hydrogen-bond acceptors (Lipinski definition) is 6. The molecule has 0 aliphatic carbocycles. The van der Waals surface area contributed by atoms with Crippen LogP contribution < -0.4 is 11.3 Å². The van der Waals surface area contributed by atoms with E-state index in [2.05, 4.69) is 24.9 Å². The van der Waals surface area contributed by atoms with Gasteiger partial charge in [0.2, 0.25) is 0 Å². The van der Waals surface area contributed by atoms with Crippen molar-refractivity contribution in [2.45, 2.75) is 13.3 Å². The summed E-state index contributed by atoms with van der Waals surface area (Å²) in [5.41, 5.74) is 7.20. The molecule has 5 rings (SSSR count). The summed E-state index contributed by atoms with van der Waals surface area (Å²) in [6.07, 6.45) is 3.42. The number of rotatable bonds is 2. The Labute approximate surface area is 174 Å². The van der Waals surface area contributed by atoms with Gasteiger partial charge in [-0.3, -0.25) is 9.36 Å². The number of nitrogens with two attached hydrogens (primary N) is 1. The SMILES string of the molecule is CCc1nc2ccc(F)cc2c(=O)n1-c1cccc(F)c1.Nc1ncnc2nc[nH]c12. The number of nitrogens with one attached hydrogen (secondary N) is 1. The van der Waals surface area contributed by atoms with Gasteiger partial charge in [-0.25, -0.2) is 28.7 Å². The third-order valence-corrected chi connectivity index (χ3v) is 4.53. The fourth-order valence-corrected chi connectivity index (χ4v) is 3.11. The average molecular weight is 421 g/mol. The Morgan fingerprint density at radius 2 is 1.87 bits per heavy atom. The molecule has 0 saturated heterocycles. The molecule has 0 atom stereocenters. The fourth-order valence-electron chi connectivity index (χ4n) is 3.11. The summed E-state index contributed by atoms with van der Waals surface area (Å²) < 4.78 is 28.1. The Morgan fingerprint density at radius 1 is 1.06 bits per heavy atom. The number of nitrogen functional groups attached to an aromatic ring is 1. The molecule has 2 aromatic carbocycles. The molecule has 0 spiro atoms. The third-order valence-electron chi connectivity index (χ3n) is 4.53. The summed E-state index contributed by atoms with van der Waals surface area (Å²) in [6, 6.07) is 9.59. The number of imidazole rings is 1. The zero-order valence-electron chi connectivity index (χ0n) is 16.4. The molecule has 3 aromatic heterocycles. The van der Waals surface area contributed by atoms with Crippen molar-refractivity contribution in [3.8, 4) is 5.69 Å². The molecule has 5 aromatic rings. The number of H-pyrrole nitrogens is 1. The lowest BCUT2D eigenvalue weighted by Crippen LogP contribution is -2.23. The smallest absolute Gasteiger partial charge is 0.266 e. The number of nitrogens with zero attached hydrogens (tertiary/aromatic N) is 5.